The van der Waals surface area contributed by atoms with E-state index in [2.05, 4.69) is 6.92 Å². The lowest BCUT2D eigenvalue weighted by molar-refractivity contribution is 0.0202. The summed E-state index contributed by atoms with van der Waals surface area (Å²) in [5, 5.41) is 10.4. The molecule has 0 amide bonds. The second-order valence-electron chi connectivity index (χ2n) is 3.69. The Morgan fingerprint density at radius 3 is 2.36 bits per heavy atom. The van der Waals surface area contributed by atoms with Gasteiger partial charge in [-0.15, -0.1) is 0 Å². The lowest BCUT2D eigenvalue weighted by Gasteiger charge is -2.27. The van der Waals surface area contributed by atoms with Crippen LogP contribution in [0, 0.1) is 0 Å². The van der Waals surface area contributed by atoms with E-state index >= 15 is 0 Å². The zero-order chi connectivity index (χ0) is 10.4. The molecule has 2 heteroatoms. The molecule has 1 aromatic carbocycles. The molecule has 0 radical (unpaired) electrons. The Kier molecular flexibility index (Phi) is 4.11. The van der Waals surface area contributed by atoms with Crippen LogP contribution in [-0.2, 0) is 5.60 Å². The van der Waals surface area contributed by atoms with E-state index in [4.69, 9.17) is 5.73 Å². The Labute approximate surface area is 85.8 Å². The van der Waals surface area contributed by atoms with E-state index in [1.807, 2.05) is 30.3 Å². The number of nitrogens with two attached hydrogens (primary N) is 1. The zero-order valence-electron chi connectivity index (χ0n) is 8.74. The van der Waals surface area contributed by atoms with E-state index < -0.39 is 5.60 Å². The van der Waals surface area contributed by atoms with Crippen molar-refractivity contribution in [3.05, 3.63) is 35.9 Å². The molecule has 0 bridgehead atoms. The molecule has 0 aliphatic rings. The van der Waals surface area contributed by atoms with Crippen molar-refractivity contribution in [1.29, 1.82) is 0 Å². The third kappa shape index (κ3) is 2.56. The van der Waals surface area contributed by atoms with Crippen LogP contribution in [0.15, 0.2) is 30.3 Å². The first-order chi connectivity index (χ1) is 6.73. The van der Waals surface area contributed by atoms with E-state index in [-0.39, 0.29) is 0 Å². The second kappa shape index (κ2) is 5.13. The van der Waals surface area contributed by atoms with Crippen molar-refractivity contribution in [2.45, 2.75) is 31.8 Å². The Hall–Kier alpha value is -0.860. The SMILES string of the molecule is CCCC(O)(CCN)c1ccccc1. The molecule has 0 aliphatic carbocycles. The van der Waals surface area contributed by atoms with Gasteiger partial charge in [0, 0.05) is 0 Å². The predicted octanol–water partition coefficient (Wildman–Crippen LogP) is 2.02. The summed E-state index contributed by atoms with van der Waals surface area (Å²) >= 11 is 0. The largest absolute Gasteiger partial charge is 0.385 e. The van der Waals surface area contributed by atoms with Gasteiger partial charge in [-0.3, -0.25) is 0 Å². The molecule has 0 aromatic heterocycles. The summed E-state index contributed by atoms with van der Waals surface area (Å²) < 4.78 is 0. The minimum absolute atomic E-state index is 0.519. The lowest BCUT2D eigenvalue weighted by atomic mass is 9.86. The van der Waals surface area contributed by atoms with Crippen molar-refractivity contribution in [1.82, 2.24) is 0 Å². The van der Waals surface area contributed by atoms with Gasteiger partial charge in [-0.1, -0.05) is 43.7 Å². The fraction of sp³-hybridized carbons (Fsp3) is 0.500. The monoisotopic (exact) mass is 193 g/mol. The first-order valence-electron chi connectivity index (χ1n) is 5.21. The van der Waals surface area contributed by atoms with Crippen molar-refractivity contribution < 1.29 is 5.11 Å². The van der Waals surface area contributed by atoms with E-state index in [1.165, 1.54) is 0 Å². The summed E-state index contributed by atoms with van der Waals surface area (Å²) in [5.41, 5.74) is 5.77. The summed E-state index contributed by atoms with van der Waals surface area (Å²) in [6.07, 6.45) is 2.37. The van der Waals surface area contributed by atoms with Crippen LogP contribution in [0.25, 0.3) is 0 Å². The van der Waals surface area contributed by atoms with Gasteiger partial charge in [0.25, 0.3) is 0 Å². The molecule has 3 N–H and O–H groups in total. The van der Waals surface area contributed by atoms with E-state index in [0.29, 0.717) is 13.0 Å². The molecule has 0 saturated heterocycles. The van der Waals surface area contributed by atoms with Crippen LogP contribution in [-0.4, -0.2) is 11.7 Å². The van der Waals surface area contributed by atoms with E-state index in [9.17, 15) is 5.11 Å². The molecule has 0 fully saturated rings. The summed E-state index contributed by atoms with van der Waals surface area (Å²) in [7, 11) is 0. The van der Waals surface area contributed by atoms with Crippen LogP contribution in [0.3, 0.4) is 0 Å². The molecular formula is C12H19NO. The number of aliphatic hydroxyl groups is 1. The highest BCUT2D eigenvalue weighted by molar-refractivity contribution is 5.22. The van der Waals surface area contributed by atoms with Gasteiger partial charge < -0.3 is 10.8 Å². The number of rotatable bonds is 5. The molecular weight excluding hydrogens is 174 g/mol. The molecule has 1 aromatic rings. The van der Waals surface area contributed by atoms with Crippen LogP contribution in [0.5, 0.6) is 0 Å². The van der Waals surface area contributed by atoms with Gasteiger partial charge in [-0.25, -0.2) is 0 Å². The molecule has 1 rings (SSSR count). The van der Waals surface area contributed by atoms with Crippen molar-refractivity contribution >= 4 is 0 Å². The van der Waals surface area contributed by atoms with Gasteiger partial charge in [0.15, 0.2) is 0 Å². The lowest BCUT2D eigenvalue weighted by Crippen LogP contribution is -2.28. The summed E-state index contributed by atoms with van der Waals surface area (Å²) in [4.78, 5) is 0. The first kappa shape index (κ1) is 11.2. The van der Waals surface area contributed by atoms with Crippen LogP contribution >= 0.6 is 0 Å². The highest BCUT2D eigenvalue weighted by Crippen LogP contribution is 2.29. The summed E-state index contributed by atoms with van der Waals surface area (Å²) in [6, 6.07) is 9.79. The minimum Gasteiger partial charge on any atom is -0.385 e. The van der Waals surface area contributed by atoms with Crippen LogP contribution in [0.1, 0.15) is 31.7 Å². The molecule has 0 saturated carbocycles. The fourth-order valence-electron chi connectivity index (χ4n) is 1.81. The summed E-state index contributed by atoms with van der Waals surface area (Å²) in [5.74, 6) is 0. The van der Waals surface area contributed by atoms with E-state index in [1.54, 1.807) is 0 Å². The maximum Gasteiger partial charge on any atom is 0.0908 e. The molecule has 0 heterocycles. The summed E-state index contributed by atoms with van der Waals surface area (Å²) in [6.45, 7) is 2.59. The predicted molar refractivity (Wildman–Crippen MR) is 58.9 cm³/mol. The van der Waals surface area contributed by atoms with Crippen LogP contribution in [0.4, 0.5) is 0 Å². The third-order valence-electron chi connectivity index (χ3n) is 2.53. The van der Waals surface area contributed by atoms with Crippen molar-refractivity contribution in [3.63, 3.8) is 0 Å². The molecule has 1 unspecified atom stereocenters. The minimum atomic E-state index is -0.731. The van der Waals surface area contributed by atoms with Crippen LogP contribution in [0.2, 0.25) is 0 Å². The quantitative estimate of drug-likeness (QED) is 0.751. The average molecular weight is 193 g/mol. The average Bonchev–Trinajstić information content (AvgIpc) is 2.20. The molecule has 0 aliphatic heterocycles. The second-order valence-corrected chi connectivity index (χ2v) is 3.69. The number of hydrogen-bond acceptors (Lipinski definition) is 2. The Balaban J connectivity index is 2.87. The molecule has 14 heavy (non-hydrogen) atoms. The van der Waals surface area contributed by atoms with Crippen molar-refractivity contribution in [3.8, 4) is 0 Å². The fourth-order valence-corrected chi connectivity index (χ4v) is 1.81. The maximum absolute atomic E-state index is 10.4. The first-order valence-corrected chi connectivity index (χ1v) is 5.21. The normalized spacial score (nSPS) is 15.1. The maximum atomic E-state index is 10.4. The van der Waals surface area contributed by atoms with Gasteiger partial charge in [-0.05, 0) is 24.9 Å². The highest BCUT2D eigenvalue weighted by Gasteiger charge is 2.26. The highest BCUT2D eigenvalue weighted by atomic mass is 16.3. The topological polar surface area (TPSA) is 46.2 Å². The van der Waals surface area contributed by atoms with Crippen LogP contribution < -0.4 is 5.73 Å². The Morgan fingerprint density at radius 1 is 1.21 bits per heavy atom. The Morgan fingerprint density at radius 2 is 1.86 bits per heavy atom. The van der Waals surface area contributed by atoms with Crippen molar-refractivity contribution in [2.75, 3.05) is 6.54 Å². The number of hydrogen-bond donors (Lipinski definition) is 2. The van der Waals surface area contributed by atoms with Gasteiger partial charge in [0.2, 0.25) is 0 Å². The van der Waals surface area contributed by atoms with Crippen molar-refractivity contribution in [2.24, 2.45) is 5.73 Å². The molecule has 0 spiro atoms. The number of benzene rings is 1. The zero-order valence-corrected chi connectivity index (χ0v) is 8.74. The van der Waals surface area contributed by atoms with Gasteiger partial charge in [0.1, 0.15) is 0 Å². The molecule has 1 atom stereocenters. The smallest absolute Gasteiger partial charge is 0.0908 e. The molecule has 2 nitrogen and oxygen atoms in total. The van der Waals surface area contributed by atoms with Gasteiger partial charge in [-0.2, -0.15) is 0 Å². The third-order valence-corrected chi connectivity index (χ3v) is 2.53. The standard InChI is InChI=1S/C12H19NO/c1-2-8-12(14,9-10-13)11-6-4-3-5-7-11/h3-7,14H,2,8-10,13H2,1H3. The Bertz CT molecular complexity index is 252. The van der Waals surface area contributed by atoms with Gasteiger partial charge >= 0.3 is 0 Å². The van der Waals surface area contributed by atoms with E-state index in [0.717, 1.165) is 18.4 Å². The molecule has 78 valence electrons. The van der Waals surface area contributed by atoms with Gasteiger partial charge in [0.05, 0.1) is 5.60 Å².